The summed E-state index contributed by atoms with van der Waals surface area (Å²) in [4.78, 5) is 22.7. The fraction of sp³-hybridized carbons (Fsp3) is 0.407. The van der Waals surface area contributed by atoms with Crippen molar-refractivity contribution in [1.82, 2.24) is 14.3 Å². The van der Waals surface area contributed by atoms with Gasteiger partial charge in [0.05, 0.1) is 17.4 Å². The van der Waals surface area contributed by atoms with Gasteiger partial charge in [0.1, 0.15) is 0 Å². The quantitative estimate of drug-likeness (QED) is 0.610. The van der Waals surface area contributed by atoms with Gasteiger partial charge in [-0.05, 0) is 68.1 Å². The van der Waals surface area contributed by atoms with Crippen LogP contribution < -0.4 is 4.90 Å². The molecular weight excluding hydrogens is 396 g/mol. The molecule has 32 heavy (non-hydrogen) atoms. The molecule has 0 saturated carbocycles. The zero-order valence-electron chi connectivity index (χ0n) is 18.8. The van der Waals surface area contributed by atoms with Crippen molar-refractivity contribution >= 4 is 28.6 Å². The van der Waals surface area contributed by atoms with Gasteiger partial charge in [0.25, 0.3) is 0 Å². The molecule has 2 fully saturated rings. The Kier molecular flexibility index (Phi) is 4.87. The number of carbonyl (C=O) groups excluding carboxylic acids is 1. The lowest BCUT2D eigenvalue weighted by molar-refractivity contribution is -0.113. The SMILES string of the molecule is Cc1cn2cc(C3=Cc4ccc(N5CCN6CCCCC6C5)cc4CCC3=O)cc2cn1. The molecule has 2 saturated heterocycles. The highest BCUT2D eigenvalue weighted by Gasteiger charge is 2.29. The van der Waals surface area contributed by atoms with Crippen LogP contribution in [0.1, 0.15) is 48.1 Å². The Bertz CT molecular complexity index is 1220. The zero-order chi connectivity index (χ0) is 21.7. The average Bonchev–Trinajstić information content (AvgIpc) is 3.15. The lowest BCUT2D eigenvalue weighted by Gasteiger charge is -2.45. The molecule has 5 heteroatoms. The van der Waals surface area contributed by atoms with Crippen LogP contribution in [0.25, 0.3) is 17.2 Å². The van der Waals surface area contributed by atoms with Gasteiger partial charge >= 0.3 is 0 Å². The number of ketones is 1. The highest BCUT2D eigenvalue weighted by molar-refractivity contribution is 6.26. The Morgan fingerprint density at radius 2 is 1.97 bits per heavy atom. The van der Waals surface area contributed by atoms with E-state index in [2.05, 4.69) is 55.7 Å². The third kappa shape index (κ3) is 3.55. The molecule has 3 aliphatic rings. The Hall–Kier alpha value is -2.92. The second-order valence-corrected chi connectivity index (χ2v) is 9.59. The maximum Gasteiger partial charge on any atom is 0.163 e. The molecule has 0 radical (unpaired) electrons. The number of hydrogen-bond acceptors (Lipinski definition) is 4. The number of aryl methyl sites for hydroxylation is 2. The van der Waals surface area contributed by atoms with Crippen LogP contribution in [0.2, 0.25) is 0 Å². The van der Waals surface area contributed by atoms with E-state index in [0.29, 0.717) is 12.5 Å². The van der Waals surface area contributed by atoms with Gasteiger partial charge in [-0.25, -0.2) is 0 Å². The van der Waals surface area contributed by atoms with E-state index in [9.17, 15) is 4.79 Å². The molecule has 1 unspecified atom stereocenters. The molecule has 2 aromatic heterocycles. The molecule has 1 aromatic carbocycles. The molecule has 2 aliphatic heterocycles. The normalized spacial score (nSPS) is 21.8. The summed E-state index contributed by atoms with van der Waals surface area (Å²) in [5.41, 5.74) is 7.55. The lowest BCUT2D eigenvalue weighted by Crippen LogP contribution is -2.54. The molecule has 1 aliphatic carbocycles. The smallest absolute Gasteiger partial charge is 0.163 e. The highest BCUT2D eigenvalue weighted by atomic mass is 16.1. The van der Waals surface area contributed by atoms with E-state index in [1.165, 1.54) is 49.2 Å². The monoisotopic (exact) mass is 426 g/mol. The molecule has 164 valence electrons. The third-order valence-electron chi connectivity index (χ3n) is 7.47. The number of rotatable bonds is 2. The maximum absolute atomic E-state index is 13.1. The van der Waals surface area contributed by atoms with Gasteiger partial charge in [-0.2, -0.15) is 0 Å². The summed E-state index contributed by atoms with van der Waals surface area (Å²) >= 11 is 0. The summed E-state index contributed by atoms with van der Waals surface area (Å²) in [6.45, 7) is 6.64. The molecule has 4 heterocycles. The number of aromatic nitrogens is 2. The van der Waals surface area contributed by atoms with Crippen LogP contribution in [0.5, 0.6) is 0 Å². The predicted molar refractivity (Wildman–Crippen MR) is 129 cm³/mol. The second kappa shape index (κ2) is 7.89. The van der Waals surface area contributed by atoms with Crippen LogP contribution >= 0.6 is 0 Å². The molecular formula is C27H30N4O. The number of fused-ring (bicyclic) bond motifs is 3. The number of carbonyl (C=O) groups is 1. The minimum absolute atomic E-state index is 0.221. The summed E-state index contributed by atoms with van der Waals surface area (Å²) in [7, 11) is 0. The number of piperidine rings is 1. The van der Waals surface area contributed by atoms with Crippen molar-refractivity contribution in [3.8, 4) is 0 Å². The van der Waals surface area contributed by atoms with Gasteiger partial charge in [-0.3, -0.25) is 14.7 Å². The van der Waals surface area contributed by atoms with Crippen molar-refractivity contribution in [1.29, 1.82) is 0 Å². The largest absolute Gasteiger partial charge is 0.369 e. The van der Waals surface area contributed by atoms with E-state index in [1.54, 1.807) is 0 Å². The Balaban J connectivity index is 1.31. The molecule has 0 amide bonds. The van der Waals surface area contributed by atoms with Gasteiger partial charge in [-0.15, -0.1) is 0 Å². The fourth-order valence-electron chi connectivity index (χ4n) is 5.66. The predicted octanol–water partition coefficient (Wildman–Crippen LogP) is 4.37. The number of piperazine rings is 1. The molecule has 5 nitrogen and oxygen atoms in total. The first-order valence-electron chi connectivity index (χ1n) is 12.0. The van der Waals surface area contributed by atoms with Gasteiger partial charge in [0, 0.05) is 61.3 Å². The number of nitrogens with zero attached hydrogens (tertiary/aromatic N) is 4. The number of hydrogen-bond donors (Lipinski definition) is 0. The standard InChI is InChI=1S/C27H30N4O/c1-19-16-31-17-22(13-25(31)15-28-19)26-14-21-5-7-23(12-20(21)6-8-27(26)32)30-11-10-29-9-3-2-4-24(29)18-30/h5,7,12-17,24H,2-4,6,8-11,18H2,1H3. The summed E-state index contributed by atoms with van der Waals surface area (Å²) in [6, 6.07) is 9.58. The second-order valence-electron chi connectivity index (χ2n) is 9.59. The molecule has 0 N–H and O–H groups in total. The van der Waals surface area contributed by atoms with Crippen LogP contribution in [-0.2, 0) is 11.2 Å². The van der Waals surface area contributed by atoms with Gasteiger partial charge < -0.3 is 9.30 Å². The Labute approximate surface area is 189 Å². The minimum atomic E-state index is 0.221. The molecule has 1 atom stereocenters. The summed E-state index contributed by atoms with van der Waals surface area (Å²) < 4.78 is 2.06. The van der Waals surface area contributed by atoms with Gasteiger partial charge in [0.15, 0.2) is 5.78 Å². The van der Waals surface area contributed by atoms with E-state index in [4.69, 9.17) is 0 Å². The average molecular weight is 427 g/mol. The Morgan fingerprint density at radius 3 is 2.91 bits per heavy atom. The van der Waals surface area contributed by atoms with Gasteiger partial charge in [-0.1, -0.05) is 12.5 Å². The van der Waals surface area contributed by atoms with Crippen LogP contribution in [0.3, 0.4) is 0 Å². The van der Waals surface area contributed by atoms with E-state index >= 15 is 0 Å². The molecule has 0 spiro atoms. The first-order valence-corrected chi connectivity index (χ1v) is 12.0. The summed E-state index contributed by atoms with van der Waals surface area (Å²) in [6.07, 6.45) is 13.4. The van der Waals surface area contributed by atoms with Crippen LogP contribution in [-0.4, -0.2) is 52.3 Å². The van der Waals surface area contributed by atoms with Crippen LogP contribution in [0.15, 0.2) is 42.9 Å². The van der Waals surface area contributed by atoms with Crippen LogP contribution in [0.4, 0.5) is 5.69 Å². The number of anilines is 1. The maximum atomic E-state index is 13.1. The summed E-state index contributed by atoms with van der Waals surface area (Å²) in [5.74, 6) is 0.221. The topological polar surface area (TPSA) is 40.9 Å². The third-order valence-corrected chi connectivity index (χ3v) is 7.47. The number of Topliss-reactive ketones (excluding diaryl/α,β-unsaturated/α-hetero) is 1. The van der Waals surface area contributed by atoms with Crippen molar-refractivity contribution in [2.24, 2.45) is 0 Å². The zero-order valence-corrected chi connectivity index (χ0v) is 18.8. The van der Waals surface area contributed by atoms with Crippen molar-refractivity contribution in [2.75, 3.05) is 31.1 Å². The van der Waals surface area contributed by atoms with Gasteiger partial charge in [0.2, 0.25) is 0 Å². The number of allylic oxidation sites excluding steroid dienone is 1. The fourth-order valence-corrected chi connectivity index (χ4v) is 5.66. The molecule has 0 bridgehead atoms. The lowest BCUT2D eigenvalue weighted by atomic mass is 9.98. The highest BCUT2D eigenvalue weighted by Crippen LogP contribution is 2.32. The molecule has 6 rings (SSSR count). The van der Waals surface area contributed by atoms with E-state index in [-0.39, 0.29) is 5.78 Å². The number of benzene rings is 1. The van der Waals surface area contributed by atoms with E-state index in [0.717, 1.165) is 41.9 Å². The molecule has 3 aromatic rings. The first-order chi connectivity index (χ1) is 15.6. The first kappa shape index (κ1) is 19.7. The van der Waals surface area contributed by atoms with Crippen molar-refractivity contribution in [3.05, 3.63) is 65.2 Å². The van der Waals surface area contributed by atoms with E-state index in [1.807, 2.05) is 19.3 Å². The van der Waals surface area contributed by atoms with Crippen molar-refractivity contribution in [3.63, 3.8) is 0 Å². The van der Waals surface area contributed by atoms with Crippen molar-refractivity contribution < 1.29 is 4.79 Å². The van der Waals surface area contributed by atoms with Crippen molar-refractivity contribution in [2.45, 2.75) is 45.1 Å². The minimum Gasteiger partial charge on any atom is -0.369 e. The van der Waals surface area contributed by atoms with E-state index < -0.39 is 0 Å². The summed E-state index contributed by atoms with van der Waals surface area (Å²) in [5, 5.41) is 0. The van der Waals surface area contributed by atoms with Crippen LogP contribution in [0, 0.1) is 6.92 Å². The Morgan fingerprint density at radius 1 is 1.03 bits per heavy atom.